The van der Waals surface area contributed by atoms with Crippen LogP contribution in [0.25, 0.3) is 0 Å². The Kier molecular flexibility index (Phi) is 4.89. The Labute approximate surface area is 107 Å². The lowest BCUT2D eigenvalue weighted by Crippen LogP contribution is -2.39. The summed E-state index contributed by atoms with van der Waals surface area (Å²) in [4.78, 5) is 23.5. The van der Waals surface area contributed by atoms with E-state index in [-0.39, 0.29) is 13.0 Å². The molecular weight excluding hydrogens is 232 g/mol. The first-order chi connectivity index (χ1) is 8.54. The van der Waals surface area contributed by atoms with Gasteiger partial charge >= 0.3 is 11.9 Å². The van der Waals surface area contributed by atoms with Crippen LogP contribution in [-0.2, 0) is 24.7 Å². The smallest absolute Gasteiger partial charge is 0.355 e. The zero-order chi connectivity index (χ0) is 13.6. The van der Waals surface area contributed by atoms with Gasteiger partial charge in [-0.2, -0.15) is 0 Å². The first-order valence-electron chi connectivity index (χ1n) is 5.99. The van der Waals surface area contributed by atoms with Crippen LogP contribution in [0.3, 0.4) is 0 Å². The Morgan fingerprint density at radius 2 is 1.78 bits per heavy atom. The minimum Gasteiger partial charge on any atom is -0.463 e. The van der Waals surface area contributed by atoms with E-state index in [0.29, 0.717) is 5.56 Å². The van der Waals surface area contributed by atoms with Crippen LogP contribution in [0.5, 0.6) is 0 Å². The molecule has 0 spiro atoms. The number of hydrogen-bond donors (Lipinski definition) is 0. The molecular formula is C14H18O4. The largest absolute Gasteiger partial charge is 0.463 e. The molecule has 4 heteroatoms. The van der Waals surface area contributed by atoms with E-state index in [2.05, 4.69) is 0 Å². The number of hydrogen-bond acceptors (Lipinski definition) is 4. The second-order valence-electron chi connectivity index (χ2n) is 3.95. The zero-order valence-corrected chi connectivity index (χ0v) is 10.9. The predicted molar refractivity (Wildman–Crippen MR) is 66.8 cm³/mol. The zero-order valence-electron chi connectivity index (χ0n) is 10.9. The summed E-state index contributed by atoms with van der Waals surface area (Å²) in [6.45, 7) is 5.18. The van der Waals surface area contributed by atoms with Crippen LogP contribution in [0.2, 0.25) is 0 Å². The molecule has 0 aliphatic heterocycles. The highest BCUT2D eigenvalue weighted by atomic mass is 16.6. The van der Waals surface area contributed by atoms with Crippen molar-refractivity contribution < 1.29 is 19.1 Å². The average molecular weight is 250 g/mol. The van der Waals surface area contributed by atoms with Gasteiger partial charge in [-0.1, -0.05) is 37.3 Å². The summed E-state index contributed by atoms with van der Waals surface area (Å²) in [6, 6.07) is 8.87. The van der Waals surface area contributed by atoms with Crippen molar-refractivity contribution in [2.45, 2.75) is 32.8 Å². The third-order valence-electron chi connectivity index (χ3n) is 2.60. The maximum Gasteiger partial charge on any atom is 0.355 e. The monoisotopic (exact) mass is 250 g/mol. The first-order valence-corrected chi connectivity index (χ1v) is 5.99. The van der Waals surface area contributed by atoms with Crippen molar-refractivity contribution >= 4 is 11.9 Å². The number of ether oxygens (including phenoxy) is 2. The van der Waals surface area contributed by atoms with Gasteiger partial charge in [0.2, 0.25) is 5.60 Å². The van der Waals surface area contributed by atoms with Crippen molar-refractivity contribution in [2.75, 3.05) is 6.61 Å². The van der Waals surface area contributed by atoms with Gasteiger partial charge in [-0.25, -0.2) is 4.79 Å². The van der Waals surface area contributed by atoms with Gasteiger partial charge in [-0.3, -0.25) is 4.79 Å². The van der Waals surface area contributed by atoms with E-state index in [4.69, 9.17) is 9.47 Å². The molecule has 0 heterocycles. The van der Waals surface area contributed by atoms with Gasteiger partial charge in [0, 0.05) is 12.0 Å². The lowest BCUT2D eigenvalue weighted by atomic mass is 9.96. The highest BCUT2D eigenvalue weighted by Crippen LogP contribution is 2.27. The van der Waals surface area contributed by atoms with E-state index >= 15 is 0 Å². The highest BCUT2D eigenvalue weighted by Gasteiger charge is 2.40. The van der Waals surface area contributed by atoms with E-state index in [9.17, 15) is 9.59 Å². The molecule has 1 aromatic rings. The van der Waals surface area contributed by atoms with Crippen LogP contribution < -0.4 is 0 Å². The van der Waals surface area contributed by atoms with Crippen LogP contribution >= 0.6 is 0 Å². The fraction of sp³-hybridized carbons (Fsp3) is 0.429. The summed E-state index contributed by atoms with van der Waals surface area (Å²) in [7, 11) is 0. The molecule has 0 bridgehead atoms. The molecule has 1 rings (SSSR count). The number of esters is 2. The van der Waals surface area contributed by atoms with Crippen LogP contribution in [0.15, 0.2) is 30.3 Å². The van der Waals surface area contributed by atoms with E-state index in [0.717, 1.165) is 0 Å². The van der Waals surface area contributed by atoms with E-state index in [1.54, 1.807) is 45.0 Å². The molecule has 0 aliphatic rings. The Morgan fingerprint density at radius 1 is 1.17 bits per heavy atom. The molecule has 0 saturated heterocycles. The SMILES string of the molecule is CCOC(=O)[C@@](C)(OC(=O)CC)c1ccccc1. The summed E-state index contributed by atoms with van der Waals surface area (Å²) in [6.07, 6.45) is 0.210. The molecule has 0 saturated carbocycles. The van der Waals surface area contributed by atoms with E-state index < -0.39 is 17.5 Å². The normalized spacial score (nSPS) is 13.5. The van der Waals surface area contributed by atoms with Crippen molar-refractivity contribution in [1.29, 1.82) is 0 Å². The van der Waals surface area contributed by atoms with Gasteiger partial charge in [0.15, 0.2) is 0 Å². The number of rotatable bonds is 5. The molecule has 0 amide bonds. The lowest BCUT2D eigenvalue weighted by Gasteiger charge is -2.27. The van der Waals surface area contributed by atoms with E-state index in [1.165, 1.54) is 0 Å². The molecule has 0 aliphatic carbocycles. The maximum atomic E-state index is 12.0. The summed E-state index contributed by atoms with van der Waals surface area (Å²) < 4.78 is 10.3. The van der Waals surface area contributed by atoms with Crippen molar-refractivity contribution in [3.8, 4) is 0 Å². The van der Waals surface area contributed by atoms with Gasteiger partial charge < -0.3 is 9.47 Å². The maximum absolute atomic E-state index is 12.0. The lowest BCUT2D eigenvalue weighted by molar-refractivity contribution is -0.181. The van der Waals surface area contributed by atoms with E-state index in [1.807, 2.05) is 6.07 Å². The fourth-order valence-corrected chi connectivity index (χ4v) is 1.54. The van der Waals surface area contributed by atoms with Crippen LogP contribution in [0.4, 0.5) is 0 Å². The Bertz CT molecular complexity index is 413. The third kappa shape index (κ3) is 3.09. The molecule has 0 unspecified atom stereocenters. The fourth-order valence-electron chi connectivity index (χ4n) is 1.54. The molecule has 18 heavy (non-hydrogen) atoms. The Balaban J connectivity index is 3.08. The van der Waals surface area contributed by atoms with Crippen molar-refractivity contribution in [2.24, 2.45) is 0 Å². The van der Waals surface area contributed by atoms with Gasteiger partial charge in [0.25, 0.3) is 0 Å². The molecule has 0 N–H and O–H groups in total. The van der Waals surface area contributed by atoms with Crippen LogP contribution in [-0.4, -0.2) is 18.5 Å². The predicted octanol–water partition coefficient (Wildman–Crippen LogP) is 2.42. The first kappa shape index (κ1) is 14.2. The number of carbonyl (C=O) groups is 2. The van der Waals surface area contributed by atoms with Gasteiger partial charge in [-0.05, 0) is 13.8 Å². The standard InChI is InChI=1S/C14H18O4/c1-4-12(15)18-14(3,13(16)17-5-2)11-9-7-6-8-10-11/h6-10H,4-5H2,1-3H3/t14-/m0/s1. The van der Waals surface area contributed by atoms with Crippen LogP contribution in [0.1, 0.15) is 32.8 Å². The van der Waals surface area contributed by atoms with Crippen molar-refractivity contribution in [3.05, 3.63) is 35.9 Å². The summed E-state index contributed by atoms with van der Waals surface area (Å²) in [5, 5.41) is 0. The Morgan fingerprint density at radius 3 is 2.28 bits per heavy atom. The van der Waals surface area contributed by atoms with Gasteiger partial charge in [0.05, 0.1) is 6.61 Å². The third-order valence-corrected chi connectivity index (χ3v) is 2.60. The average Bonchev–Trinajstić information content (AvgIpc) is 2.39. The molecule has 1 aromatic carbocycles. The highest BCUT2D eigenvalue weighted by molar-refractivity contribution is 5.84. The molecule has 98 valence electrons. The molecule has 0 fully saturated rings. The summed E-state index contributed by atoms with van der Waals surface area (Å²) in [5.74, 6) is -0.993. The van der Waals surface area contributed by atoms with Crippen molar-refractivity contribution in [1.82, 2.24) is 0 Å². The Hall–Kier alpha value is -1.84. The number of benzene rings is 1. The van der Waals surface area contributed by atoms with Gasteiger partial charge in [-0.15, -0.1) is 0 Å². The van der Waals surface area contributed by atoms with Gasteiger partial charge in [0.1, 0.15) is 0 Å². The topological polar surface area (TPSA) is 52.6 Å². The van der Waals surface area contributed by atoms with Crippen LogP contribution in [0, 0.1) is 0 Å². The van der Waals surface area contributed by atoms with Crippen molar-refractivity contribution in [3.63, 3.8) is 0 Å². The quantitative estimate of drug-likeness (QED) is 0.753. The summed E-state index contributed by atoms with van der Waals surface area (Å²) >= 11 is 0. The molecule has 4 nitrogen and oxygen atoms in total. The number of carbonyl (C=O) groups excluding carboxylic acids is 2. The second kappa shape index (κ2) is 6.19. The second-order valence-corrected chi connectivity index (χ2v) is 3.95. The minimum atomic E-state index is -1.38. The minimum absolute atomic E-state index is 0.210. The molecule has 0 radical (unpaired) electrons. The molecule has 0 aromatic heterocycles. The summed E-state index contributed by atoms with van der Waals surface area (Å²) in [5.41, 5.74) is -0.782. The molecule has 1 atom stereocenters.